The van der Waals surface area contributed by atoms with Gasteiger partial charge in [-0.15, -0.1) is 0 Å². The summed E-state index contributed by atoms with van der Waals surface area (Å²) in [5.41, 5.74) is -1.52. The zero-order chi connectivity index (χ0) is 20.2. The van der Waals surface area contributed by atoms with Gasteiger partial charge in [-0.1, -0.05) is 18.2 Å². The van der Waals surface area contributed by atoms with Gasteiger partial charge in [-0.2, -0.15) is 0 Å². The van der Waals surface area contributed by atoms with E-state index in [1.807, 2.05) is 4.72 Å². The van der Waals surface area contributed by atoms with E-state index in [4.69, 9.17) is 9.47 Å². The van der Waals surface area contributed by atoms with Crippen molar-refractivity contribution in [1.82, 2.24) is 9.71 Å². The number of rotatable bonds is 6. The molecule has 0 saturated carbocycles. The van der Waals surface area contributed by atoms with E-state index >= 15 is 0 Å². The molecule has 7 nitrogen and oxygen atoms in total. The number of carbonyl (C=O) groups is 1. The van der Waals surface area contributed by atoms with Gasteiger partial charge in [0.2, 0.25) is 0 Å². The van der Waals surface area contributed by atoms with E-state index in [1.54, 1.807) is 18.2 Å². The van der Waals surface area contributed by atoms with E-state index < -0.39 is 44.8 Å². The molecular formula is C18H18F2N2O5S. The first-order valence-electron chi connectivity index (χ1n) is 8.46. The fraction of sp³-hybridized carbons (Fsp3) is 0.333. The van der Waals surface area contributed by atoms with Crippen LogP contribution in [0, 0.1) is 5.82 Å². The van der Waals surface area contributed by atoms with E-state index in [-0.39, 0.29) is 31.6 Å². The van der Waals surface area contributed by atoms with Crippen molar-refractivity contribution in [2.75, 3.05) is 19.8 Å². The number of pyridine rings is 1. The van der Waals surface area contributed by atoms with Crippen LogP contribution >= 0.6 is 0 Å². The van der Waals surface area contributed by atoms with E-state index in [2.05, 4.69) is 4.98 Å². The third-order valence-electron chi connectivity index (χ3n) is 4.21. The highest BCUT2D eigenvalue weighted by atomic mass is 32.2. The number of nitrogens with one attached hydrogen (secondary N) is 1. The van der Waals surface area contributed by atoms with Gasteiger partial charge >= 0.3 is 0 Å². The molecule has 150 valence electrons. The van der Waals surface area contributed by atoms with Gasteiger partial charge in [0, 0.05) is 37.7 Å². The molecule has 1 saturated heterocycles. The number of ether oxygens (including phenoxy) is 2. The maximum absolute atomic E-state index is 14.5. The number of sulfonamides is 1. The fourth-order valence-corrected chi connectivity index (χ4v) is 3.50. The monoisotopic (exact) mass is 412 g/mol. The molecule has 0 bridgehead atoms. The van der Waals surface area contributed by atoms with Gasteiger partial charge in [0.05, 0.1) is 6.20 Å². The van der Waals surface area contributed by atoms with Gasteiger partial charge in [-0.05, 0) is 12.1 Å². The Kier molecular flexibility index (Phi) is 5.90. The number of hydrogen-bond donors (Lipinski definition) is 1. The van der Waals surface area contributed by atoms with Gasteiger partial charge in [-0.3, -0.25) is 4.79 Å². The van der Waals surface area contributed by atoms with E-state index in [9.17, 15) is 22.0 Å². The van der Waals surface area contributed by atoms with Crippen molar-refractivity contribution in [1.29, 1.82) is 0 Å². The number of benzene rings is 1. The second-order valence-electron chi connectivity index (χ2n) is 6.31. The zero-order valence-electron chi connectivity index (χ0n) is 14.7. The molecule has 10 heteroatoms. The molecule has 0 atom stereocenters. The summed E-state index contributed by atoms with van der Waals surface area (Å²) in [7, 11) is -4.34. The average molecular weight is 412 g/mol. The number of carbonyl (C=O) groups excluding carboxylic acids is 1. The topological polar surface area (TPSA) is 94.6 Å². The standard InChI is InChI=1S/C18H18F2N2O5S/c19-15-10-14(28(24,25)22-16(23)13-4-2-1-3-5-13)11-21-17(15)27-12-18(20)6-8-26-9-7-18/h1-5,10-11H,6-9,12H2,(H,22,23). The molecule has 0 spiro atoms. The minimum Gasteiger partial charge on any atom is -0.472 e. The van der Waals surface area contributed by atoms with Crippen molar-refractivity contribution in [3.8, 4) is 5.88 Å². The van der Waals surface area contributed by atoms with Crippen LogP contribution in [0.5, 0.6) is 5.88 Å². The van der Waals surface area contributed by atoms with Crippen LogP contribution in [0.2, 0.25) is 0 Å². The van der Waals surface area contributed by atoms with E-state index in [0.29, 0.717) is 6.07 Å². The molecule has 0 radical (unpaired) electrons. The first kappa shape index (κ1) is 20.2. The predicted molar refractivity (Wildman–Crippen MR) is 94.7 cm³/mol. The van der Waals surface area contributed by atoms with Crippen LogP contribution < -0.4 is 9.46 Å². The molecule has 1 amide bonds. The fourth-order valence-electron chi connectivity index (χ4n) is 2.57. The lowest BCUT2D eigenvalue weighted by Gasteiger charge is -2.28. The van der Waals surface area contributed by atoms with Gasteiger partial charge in [0.25, 0.3) is 21.8 Å². The smallest absolute Gasteiger partial charge is 0.265 e. The highest BCUT2D eigenvalue weighted by molar-refractivity contribution is 7.90. The summed E-state index contributed by atoms with van der Waals surface area (Å²) in [5, 5.41) is 0. The van der Waals surface area contributed by atoms with Crippen LogP contribution in [0.3, 0.4) is 0 Å². The van der Waals surface area contributed by atoms with E-state index in [0.717, 1.165) is 6.20 Å². The Bertz CT molecular complexity index is 948. The second kappa shape index (κ2) is 8.19. The van der Waals surface area contributed by atoms with Gasteiger partial charge < -0.3 is 9.47 Å². The van der Waals surface area contributed by atoms with Crippen LogP contribution in [0.1, 0.15) is 23.2 Å². The number of amides is 1. The molecule has 1 N–H and O–H groups in total. The number of alkyl halides is 1. The summed E-state index contributed by atoms with van der Waals surface area (Å²) in [6, 6.07) is 8.35. The largest absolute Gasteiger partial charge is 0.472 e. The molecule has 2 aromatic rings. The molecule has 1 aromatic heterocycles. The average Bonchev–Trinajstić information content (AvgIpc) is 2.68. The van der Waals surface area contributed by atoms with Gasteiger partial charge in [-0.25, -0.2) is 26.9 Å². The molecule has 1 fully saturated rings. The third-order valence-corrected chi connectivity index (χ3v) is 5.51. The summed E-state index contributed by atoms with van der Waals surface area (Å²) in [6.07, 6.45) is 1.08. The SMILES string of the molecule is O=C(NS(=O)(=O)c1cnc(OCC2(F)CCOCC2)c(F)c1)c1ccccc1. The minimum absolute atomic E-state index is 0.118. The number of aromatic nitrogens is 1. The van der Waals surface area contributed by atoms with Gasteiger partial charge in [0.1, 0.15) is 17.2 Å². The molecule has 0 aliphatic carbocycles. The number of hydrogen-bond acceptors (Lipinski definition) is 6. The molecule has 28 heavy (non-hydrogen) atoms. The normalized spacial score (nSPS) is 16.4. The summed E-state index contributed by atoms with van der Waals surface area (Å²) >= 11 is 0. The first-order chi connectivity index (χ1) is 13.3. The highest BCUT2D eigenvalue weighted by Crippen LogP contribution is 2.27. The van der Waals surface area contributed by atoms with Crippen LogP contribution in [-0.2, 0) is 14.8 Å². The van der Waals surface area contributed by atoms with Crippen LogP contribution in [-0.4, -0.2) is 44.8 Å². The molecule has 1 aliphatic heterocycles. The molecule has 1 aromatic carbocycles. The Balaban J connectivity index is 1.69. The third kappa shape index (κ3) is 4.82. The van der Waals surface area contributed by atoms with Crippen molar-refractivity contribution in [3.63, 3.8) is 0 Å². The minimum atomic E-state index is -4.34. The summed E-state index contributed by atoms with van der Waals surface area (Å²) in [4.78, 5) is 15.1. The lowest BCUT2D eigenvalue weighted by molar-refractivity contribution is -0.0337. The molecule has 1 aliphatic rings. The molecule has 2 heterocycles. The lowest BCUT2D eigenvalue weighted by Crippen LogP contribution is -2.37. The van der Waals surface area contributed by atoms with Crippen molar-refractivity contribution in [2.45, 2.75) is 23.4 Å². The quantitative estimate of drug-likeness (QED) is 0.782. The Hall–Kier alpha value is -2.59. The zero-order valence-corrected chi connectivity index (χ0v) is 15.5. The molecular weight excluding hydrogens is 394 g/mol. The second-order valence-corrected chi connectivity index (χ2v) is 7.99. The van der Waals surface area contributed by atoms with Gasteiger partial charge in [0.15, 0.2) is 5.82 Å². The lowest BCUT2D eigenvalue weighted by atomic mass is 9.98. The highest BCUT2D eigenvalue weighted by Gasteiger charge is 2.34. The van der Waals surface area contributed by atoms with Crippen molar-refractivity contribution >= 4 is 15.9 Å². The van der Waals surface area contributed by atoms with Crippen LogP contribution in [0.25, 0.3) is 0 Å². The molecule has 0 unspecified atom stereocenters. The Morgan fingerprint density at radius 3 is 2.57 bits per heavy atom. The summed E-state index contributed by atoms with van der Waals surface area (Å²) in [6.45, 7) is 0.0687. The number of nitrogens with zero attached hydrogens (tertiary/aromatic N) is 1. The molecule has 3 rings (SSSR count). The number of halogens is 2. The Morgan fingerprint density at radius 1 is 1.25 bits per heavy atom. The summed E-state index contributed by atoms with van der Waals surface area (Å²) < 4.78 is 65.2. The summed E-state index contributed by atoms with van der Waals surface area (Å²) in [5.74, 6) is -2.46. The van der Waals surface area contributed by atoms with Crippen molar-refractivity contribution in [2.24, 2.45) is 0 Å². The Labute approximate surface area is 160 Å². The first-order valence-corrected chi connectivity index (χ1v) is 9.95. The van der Waals surface area contributed by atoms with E-state index in [1.165, 1.54) is 12.1 Å². The van der Waals surface area contributed by atoms with Crippen molar-refractivity contribution < 1.29 is 31.5 Å². The Morgan fingerprint density at radius 2 is 1.93 bits per heavy atom. The maximum atomic E-state index is 14.5. The maximum Gasteiger partial charge on any atom is 0.265 e. The van der Waals surface area contributed by atoms with Crippen LogP contribution in [0.4, 0.5) is 8.78 Å². The van der Waals surface area contributed by atoms with Crippen molar-refractivity contribution in [3.05, 3.63) is 54.0 Å². The predicted octanol–water partition coefficient (Wildman–Crippen LogP) is 2.24. The van der Waals surface area contributed by atoms with Crippen LogP contribution in [0.15, 0.2) is 47.5 Å².